The van der Waals surface area contributed by atoms with Crippen LogP contribution in [0.15, 0.2) is 18.2 Å². The van der Waals surface area contributed by atoms with Gasteiger partial charge in [-0.15, -0.1) is 0 Å². The Hall–Kier alpha value is -1.10. The largest absolute Gasteiger partial charge is 0.416 e. The van der Waals surface area contributed by atoms with Crippen molar-refractivity contribution in [3.8, 4) is 0 Å². The van der Waals surface area contributed by atoms with Gasteiger partial charge in [0.2, 0.25) is 0 Å². The van der Waals surface area contributed by atoms with Crippen LogP contribution in [0.4, 0.5) is 17.6 Å². The van der Waals surface area contributed by atoms with E-state index in [2.05, 4.69) is 6.92 Å². The Bertz CT molecular complexity index is 373. The van der Waals surface area contributed by atoms with Crippen LogP contribution in [0.2, 0.25) is 0 Å². The summed E-state index contributed by atoms with van der Waals surface area (Å²) >= 11 is 0. The molecule has 1 unspecified atom stereocenters. The van der Waals surface area contributed by atoms with Crippen LogP contribution in [0.3, 0.4) is 0 Å². The van der Waals surface area contributed by atoms with E-state index in [1.54, 1.807) is 0 Å². The molecule has 0 bridgehead atoms. The van der Waals surface area contributed by atoms with Gasteiger partial charge in [-0.3, -0.25) is 0 Å². The molecule has 1 aromatic rings. The van der Waals surface area contributed by atoms with Gasteiger partial charge in [0, 0.05) is 13.7 Å². The van der Waals surface area contributed by atoms with Crippen molar-refractivity contribution < 1.29 is 22.3 Å². The highest BCUT2D eigenvalue weighted by Gasteiger charge is 2.31. The summed E-state index contributed by atoms with van der Waals surface area (Å²) < 4.78 is 55.2. The van der Waals surface area contributed by atoms with Gasteiger partial charge < -0.3 is 4.74 Å². The number of hydrogen-bond donors (Lipinski definition) is 0. The molecular weight excluding hydrogens is 236 g/mol. The molecule has 1 atom stereocenters. The summed E-state index contributed by atoms with van der Waals surface area (Å²) in [6, 6.07) is 2.48. The zero-order valence-corrected chi connectivity index (χ0v) is 9.35. The molecular formula is C12H13F4O. The maximum absolute atomic E-state index is 13.1. The molecule has 0 fully saturated rings. The zero-order chi connectivity index (χ0) is 13.1. The molecule has 0 N–H and O–H groups in total. The van der Waals surface area contributed by atoms with Gasteiger partial charge in [0.25, 0.3) is 0 Å². The van der Waals surface area contributed by atoms with E-state index in [1.807, 2.05) is 0 Å². The second kappa shape index (κ2) is 5.49. The number of alkyl halides is 3. The molecule has 0 saturated carbocycles. The molecule has 5 heteroatoms. The molecule has 0 aliphatic heterocycles. The van der Waals surface area contributed by atoms with E-state index in [9.17, 15) is 17.6 Å². The maximum Gasteiger partial charge on any atom is 0.416 e. The Morgan fingerprint density at radius 3 is 2.47 bits per heavy atom. The van der Waals surface area contributed by atoms with Crippen LogP contribution in [0.5, 0.6) is 0 Å². The molecule has 0 heterocycles. The van der Waals surface area contributed by atoms with Crippen LogP contribution in [-0.2, 0) is 10.9 Å². The predicted octanol–water partition coefficient (Wildman–Crippen LogP) is 3.80. The number of halogens is 4. The van der Waals surface area contributed by atoms with Crippen molar-refractivity contribution in [2.24, 2.45) is 0 Å². The third kappa shape index (κ3) is 4.00. The topological polar surface area (TPSA) is 9.23 Å². The Morgan fingerprint density at radius 1 is 1.29 bits per heavy atom. The summed E-state index contributed by atoms with van der Waals surface area (Å²) in [5, 5.41) is 0. The number of hydrogen-bond acceptors (Lipinski definition) is 1. The van der Waals surface area contributed by atoms with Crippen molar-refractivity contribution in [2.75, 3.05) is 13.7 Å². The first-order chi connectivity index (χ1) is 7.84. The first-order valence-electron chi connectivity index (χ1n) is 5.04. The van der Waals surface area contributed by atoms with Gasteiger partial charge >= 0.3 is 6.18 Å². The van der Waals surface area contributed by atoms with Gasteiger partial charge in [-0.2, -0.15) is 13.2 Å². The summed E-state index contributed by atoms with van der Waals surface area (Å²) in [6.07, 6.45) is -4.10. The van der Waals surface area contributed by atoms with E-state index in [0.717, 1.165) is 12.1 Å². The fraction of sp³-hybridized carbons (Fsp3) is 0.417. The second-order valence-corrected chi connectivity index (χ2v) is 3.75. The molecule has 0 amide bonds. The molecule has 17 heavy (non-hydrogen) atoms. The van der Waals surface area contributed by atoms with E-state index >= 15 is 0 Å². The molecule has 1 rings (SSSR count). The first-order valence-corrected chi connectivity index (χ1v) is 5.04. The van der Waals surface area contributed by atoms with Crippen molar-refractivity contribution in [1.82, 2.24) is 0 Å². The van der Waals surface area contributed by atoms with Crippen molar-refractivity contribution in [2.45, 2.75) is 18.5 Å². The monoisotopic (exact) mass is 249 g/mol. The maximum atomic E-state index is 13.1. The Labute approximate surface area is 97.4 Å². The lowest BCUT2D eigenvalue weighted by Crippen LogP contribution is -2.08. The molecule has 0 spiro atoms. The summed E-state index contributed by atoms with van der Waals surface area (Å²) in [6.45, 7) is 4.06. The lowest BCUT2D eigenvalue weighted by Gasteiger charge is -2.14. The van der Waals surface area contributed by atoms with Crippen molar-refractivity contribution in [1.29, 1.82) is 0 Å². The molecule has 0 aliphatic carbocycles. The molecule has 0 aliphatic rings. The highest BCUT2D eigenvalue weighted by Crippen LogP contribution is 2.32. The van der Waals surface area contributed by atoms with Gasteiger partial charge in [0.05, 0.1) is 5.56 Å². The normalized spacial score (nSPS) is 13.8. The number of rotatable bonds is 4. The Balaban J connectivity index is 2.97. The molecule has 0 aromatic heterocycles. The highest BCUT2D eigenvalue weighted by atomic mass is 19.4. The molecule has 1 radical (unpaired) electrons. The van der Waals surface area contributed by atoms with Gasteiger partial charge in [-0.1, -0.05) is 0 Å². The van der Waals surface area contributed by atoms with Crippen LogP contribution in [0, 0.1) is 12.7 Å². The SMILES string of the molecule is [CH2]C(CCOC)c1cc(F)cc(C(F)(F)F)c1. The van der Waals surface area contributed by atoms with Crippen LogP contribution >= 0.6 is 0 Å². The minimum atomic E-state index is -4.54. The fourth-order valence-electron chi connectivity index (χ4n) is 1.44. The molecule has 1 aromatic carbocycles. The van der Waals surface area contributed by atoms with Crippen LogP contribution in [0.25, 0.3) is 0 Å². The zero-order valence-electron chi connectivity index (χ0n) is 9.35. The number of benzene rings is 1. The molecule has 95 valence electrons. The van der Waals surface area contributed by atoms with Gasteiger partial charge in [-0.05, 0) is 43.0 Å². The quantitative estimate of drug-likeness (QED) is 0.737. The van der Waals surface area contributed by atoms with Crippen molar-refractivity contribution >= 4 is 0 Å². The van der Waals surface area contributed by atoms with E-state index in [4.69, 9.17) is 4.74 Å². The predicted molar refractivity (Wildman–Crippen MR) is 56.0 cm³/mol. The lowest BCUT2D eigenvalue weighted by atomic mass is 9.96. The fourth-order valence-corrected chi connectivity index (χ4v) is 1.44. The van der Waals surface area contributed by atoms with E-state index < -0.39 is 23.5 Å². The summed E-state index contributed by atoms with van der Waals surface area (Å²) in [7, 11) is 1.49. The molecule has 1 nitrogen and oxygen atoms in total. The van der Waals surface area contributed by atoms with E-state index in [0.29, 0.717) is 19.1 Å². The lowest BCUT2D eigenvalue weighted by molar-refractivity contribution is -0.137. The summed E-state index contributed by atoms with van der Waals surface area (Å²) in [5.74, 6) is -1.33. The van der Waals surface area contributed by atoms with Gasteiger partial charge in [0.15, 0.2) is 0 Å². The Kier molecular flexibility index (Phi) is 4.51. The van der Waals surface area contributed by atoms with E-state index in [-0.39, 0.29) is 5.56 Å². The summed E-state index contributed by atoms with van der Waals surface area (Å²) in [4.78, 5) is 0. The van der Waals surface area contributed by atoms with Crippen molar-refractivity contribution in [3.63, 3.8) is 0 Å². The smallest absolute Gasteiger partial charge is 0.385 e. The van der Waals surface area contributed by atoms with Gasteiger partial charge in [-0.25, -0.2) is 4.39 Å². The molecule has 0 saturated heterocycles. The second-order valence-electron chi connectivity index (χ2n) is 3.75. The van der Waals surface area contributed by atoms with Crippen LogP contribution in [0.1, 0.15) is 23.5 Å². The average molecular weight is 249 g/mol. The Morgan fingerprint density at radius 2 is 1.94 bits per heavy atom. The third-order valence-electron chi connectivity index (χ3n) is 2.39. The van der Waals surface area contributed by atoms with Gasteiger partial charge in [0.1, 0.15) is 5.82 Å². The first kappa shape index (κ1) is 14.0. The minimum Gasteiger partial charge on any atom is -0.385 e. The average Bonchev–Trinajstić information content (AvgIpc) is 2.23. The minimum absolute atomic E-state index is 0.231. The van der Waals surface area contributed by atoms with Crippen LogP contribution in [-0.4, -0.2) is 13.7 Å². The standard InChI is InChI=1S/C12H13F4O/c1-8(3-4-17-2)9-5-10(12(14,15)16)7-11(13)6-9/h5-8H,1,3-4H2,2H3. The number of methoxy groups -OCH3 is 1. The van der Waals surface area contributed by atoms with E-state index in [1.165, 1.54) is 7.11 Å². The number of ether oxygens (including phenoxy) is 1. The third-order valence-corrected chi connectivity index (χ3v) is 2.39. The summed E-state index contributed by atoms with van der Waals surface area (Å²) in [5.41, 5.74) is -0.757. The van der Waals surface area contributed by atoms with Crippen molar-refractivity contribution in [3.05, 3.63) is 42.1 Å². The highest BCUT2D eigenvalue weighted by molar-refractivity contribution is 5.29. The van der Waals surface area contributed by atoms with Crippen LogP contribution < -0.4 is 0 Å².